The summed E-state index contributed by atoms with van der Waals surface area (Å²) < 4.78 is 0. The minimum atomic E-state index is -0.289. The summed E-state index contributed by atoms with van der Waals surface area (Å²) in [5.74, 6) is 1.65. The van der Waals surface area contributed by atoms with Crippen LogP contribution in [0.3, 0.4) is 0 Å². The number of carbonyl (C=O) groups excluding carboxylic acids is 1. The Balaban J connectivity index is 1.48. The quantitative estimate of drug-likeness (QED) is 0.632. The van der Waals surface area contributed by atoms with Gasteiger partial charge in [0.25, 0.3) is 0 Å². The topological polar surface area (TPSA) is 81.6 Å². The molecule has 2 amide bonds. The molecule has 0 spiro atoms. The van der Waals surface area contributed by atoms with Crippen LogP contribution in [0.5, 0.6) is 11.5 Å². The van der Waals surface area contributed by atoms with Crippen LogP contribution in [0.15, 0.2) is 18.2 Å². The third kappa shape index (κ3) is 1.94. The van der Waals surface area contributed by atoms with Gasteiger partial charge in [-0.25, -0.2) is 4.79 Å². The third-order valence-corrected chi connectivity index (χ3v) is 5.62. The van der Waals surface area contributed by atoms with Gasteiger partial charge in [0.1, 0.15) is 0 Å². The Bertz CT molecular complexity index is 587. The molecular weight excluding hydrogens is 268 g/mol. The molecule has 4 aliphatic rings. The Morgan fingerprint density at radius 1 is 1.14 bits per heavy atom. The van der Waals surface area contributed by atoms with Crippen LogP contribution in [0.25, 0.3) is 0 Å². The van der Waals surface area contributed by atoms with Gasteiger partial charge in [-0.05, 0) is 62.0 Å². The summed E-state index contributed by atoms with van der Waals surface area (Å²) in [5, 5.41) is 25.0. The van der Waals surface area contributed by atoms with Gasteiger partial charge in [0, 0.05) is 5.54 Å². The smallest absolute Gasteiger partial charge is 0.319 e. The largest absolute Gasteiger partial charge is 0.504 e. The fraction of sp³-hybridized carbons (Fsp3) is 0.562. The van der Waals surface area contributed by atoms with E-state index in [1.165, 1.54) is 25.3 Å². The maximum atomic E-state index is 12.3. The number of nitrogens with one attached hydrogen (secondary N) is 2. The zero-order valence-electron chi connectivity index (χ0n) is 11.8. The van der Waals surface area contributed by atoms with Gasteiger partial charge in [-0.2, -0.15) is 0 Å². The average molecular weight is 288 g/mol. The number of phenols is 2. The highest BCUT2D eigenvalue weighted by Gasteiger charge is 2.58. The van der Waals surface area contributed by atoms with Crippen LogP contribution in [0, 0.1) is 17.8 Å². The normalized spacial score (nSPS) is 35.9. The molecular formula is C16H20N2O3. The number of amides is 2. The number of anilines is 1. The van der Waals surface area contributed by atoms with Gasteiger partial charge in [0.05, 0.1) is 5.69 Å². The van der Waals surface area contributed by atoms with Crippen molar-refractivity contribution in [1.82, 2.24) is 5.32 Å². The maximum Gasteiger partial charge on any atom is 0.319 e. The van der Waals surface area contributed by atoms with Crippen molar-refractivity contribution in [2.45, 2.75) is 37.6 Å². The average Bonchev–Trinajstić information content (AvgIpc) is 2.79. The number of urea groups is 1. The predicted octanol–water partition coefficient (Wildman–Crippen LogP) is 2.80. The van der Waals surface area contributed by atoms with Crippen molar-refractivity contribution in [2.24, 2.45) is 17.8 Å². The van der Waals surface area contributed by atoms with Crippen LogP contribution < -0.4 is 10.6 Å². The van der Waals surface area contributed by atoms with E-state index < -0.39 is 0 Å². The van der Waals surface area contributed by atoms with Crippen molar-refractivity contribution in [3.63, 3.8) is 0 Å². The van der Waals surface area contributed by atoms with Crippen molar-refractivity contribution < 1.29 is 15.0 Å². The summed E-state index contributed by atoms with van der Waals surface area (Å²) in [4.78, 5) is 12.3. The number of carbonyl (C=O) groups is 1. The molecule has 4 N–H and O–H groups in total. The van der Waals surface area contributed by atoms with Crippen molar-refractivity contribution in [3.05, 3.63) is 18.2 Å². The SMILES string of the molecule is O=C(Nc1cccc(O)c1O)NC12CC3CC(CC1C3)C2. The van der Waals surface area contributed by atoms with Crippen LogP contribution in [-0.2, 0) is 0 Å². The van der Waals surface area contributed by atoms with Gasteiger partial charge in [0.2, 0.25) is 0 Å². The summed E-state index contributed by atoms with van der Waals surface area (Å²) in [5.41, 5.74) is 0.200. The second-order valence-corrected chi connectivity index (χ2v) is 6.95. The Morgan fingerprint density at radius 3 is 2.57 bits per heavy atom. The van der Waals surface area contributed by atoms with E-state index in [1.807, 2.05) is 0 Å². The molecule has 4 saturated carbocycles. The van der Waals surface area contributed by atoms with E-state index in [2.05, 4.69) is 10.6 Å². The van der Waals surface area contributed by atoms with E-state index in [9.17, 15) is 15.0 Å². The van der Waals surface area contributed by atoms with Gasteiger partial charge in [-0.1, -0.05) is 6.07 Å². The lowest BCUT2D eigenvalue weighted by molar-refractivity contribution is 0.215. The zero-order valence-corrected chi connectivity index (χ0v) is 11.8. The second kappa shape index (κ2) is 4.29. The number of phenolic OH excluding ortho intramolecular Hbond substituents is 2. The van der Waals surface area contributed by atoms with Gasteiger partial charge >= 0.3 is 6.03 Å². The molecule has 5 heteroatoms. The van der Waals surface area contributed by atoms with E-state index >= 15 is 0 Å². The number of hydrogen-bond donors (Lipinski definition) is 4. The highest BCUT2D eigenvalue weighted by molar-refractivity contribution is 5.92. The molecule has 2 atom stereocenters. The Morgan fingerprint density at radius 2 is 1.86 bits per heavy atom. The van der Waals surface area contributed by atoms with Gasteiger partial charge in [0.15, 0.2) is 11.5 Å². The number of hydrogen-bond acceptors (Lipinski definition) is 3. The molecule has 112 valence electrons. The molecule has 0 aliphatic heterocycles. The minimum absolute atomic E-state index is 0.0376. The molecule has 0 heterocycles. The first-order valence-corrected chi connectivity index (χ1v) is 7.66. The van der Waals surface area contributed by atoms with Gasteiger partial charge < -0.3 is 20.8 Å². The molecule has 4 fully saturated rings. The van der Waals surface area contributed by atoms with Crippen molar-refractivity contribution in [1.29, 1.82) is 0 Å². The summed E-state index contributed by atoms with van der Waals surface area (Å²) in [7, 11) is 0. The first-order chi connectivity index (χ1) is 10.1. The van der Waals surface area contributed by atoms with Crippen molar-refractivity contribution in [2.75, 3.05) is 5.32 Å². The fourth-order valence-corrected chi connectivity index (χ4v) is 5.01. The second-order valence-electron chi connectivity index (χ2n) is 6.95. The Labute approximate surface area is 123 Å². The van der Waals surface area contributed by atoms with Crippen LogP contribution in [0.4, 0.5) is 10.5 Å². The molecule has 2 unspecified atom stereocenters. The zero-order chi connectivity index (χ0) is 14.6. The molecule has 5 nitrogen and oxygen atoms in total. The summed E-state index contributed by atoms with van der Waals surface area (Å²) in [6, 6.07) is 4.26. The lowest BCUT2D eigenvalue weighted by Gasteiger charge is -2.33. The first-order valence-electron chi connectivity index (χ1n) is 7.66. The molecule has 5 rings (SSSR count). The van der Waals surface area contributed by atoms with E-state index in [4.69, 9.17) is 0 Å². The minimum Gasteiger partial charge on any atom is -0.504 e. The van der Waals surface area contributed by atoms with E-state index in [0.29, 0.717) is 5.92 Å². The van der Waals surface area contributed by atoms with Crippen LogP contribution in [-0.4, -0.2) is 21.8 Å². The van der Waals surface area contributed by atoms with Crippen molar-refractivity contribution in [3.8, 4) is 11.5 Å². The van der Waals surface area contributed by atoms with Crippen LogP contribution in [0.2, 0.25) is 0 Å². The highest BCUT2D eigenvalue weighted by atomic mass is 16.3. The monoisotopic (exact) mass is 288 g/mol. The van der Waals surface area contributed by atoms with Crippen LogP contribution in [0.1, 0.15) is 32.1 Å². The molecule has 4 aliphatic carbocycles. The Hall–Kier alpha value is -1.91. The summed E-state index contributed by atoms with van der Waals surface area (Å²) >= 11 is 0. The van der Waals surface area contributed by atoms with Gasteiger partial charge in [-0.15, -0.1) is 0 Å². The molecule has 1 aromatic carbocycles. The molecule has 0 saturated heterocycles. The molecule has 4 bridgehead atoms. The van der Waals surface area contributed by atoms with E-state index in [1.54, 1.807) is 12.1 Å². The Kier molecular flexibility index (Phi) is 2.62. The lowest BCUT2D eigenvalue weighted by atomic mass is 9.80. The lowest BCUT2D eigenvalue weighted by Crippen LogP contribution is -2.51. The molecule has 0 aromatic heterocycles. The number of rotatable bonds is 2. The summed E-state index contributed by atoms with van der Waals surface area (Å²) in [6.07, 6.45) is 6.00. The number of para-hydroxylation sites is 1. The number of aromatic hydroxyl groups is 2. The van der Waals surface area contributed by atoms with Crippen molar-refractivity contribution >= 4 is 11.7 Å². The summed E-state index contributed by atoms with van der Waals surface area (Å²) in [6.45, 7) is 0. The number of benzene rings is 1. The fourth-order valence-electron chi connectivity index (χ4n) is 5.01. The molecule has 21 heavy (non-hydrogen) atoms. The standard InChI is InChI=1S/C16H20N2O3/c19-13-3-1-2-12(14(13)20)17-15(21)18-16-7-9-4-10(8-16)6-11(16)5-9/h1-3,9-11,19-20H,4-8H2,(H2,17,18,21). The molecule has 0 radical (unpaired) electrons. The predicted molar refractivity (Wildman–Crippen MR) is 78.2 cm³/mol. The first kappa shape index (κ1) is 12.8. The third-order valence-electron chi connectivity index (χ3n) is 5.62. The van der Waals surface area contributed by atoms with E-state index in [-0.39, 0.29) is 28.8 Å². The molecule has 1 aromatic rings. The van der Waals surface area contributed by atoms with E-state index in [0.717, 1.165) is 24.7 Å². The van der Waals surface area contributed by atoms with Crippen LogP contribution >= 0.6 is 0 Å². The highest BCUT2D eigenvalue weighted by Crippen LogP contribution is 2.60. The maximum absolute atomic E-state index is 12.3. The van der Waals surface area contributed by atoms with Gasteiger partial charge in [-0.3, -0.25) is 0 Å².